The topological polar surface area (TPSA) is 100 Å². The largest absolute Gasteiger partial charge is 0.442 e. The van der Waals surface area contributed by atoms with Gasteiger partial charge >= 0.3 is 5.97 Å². The van der Waals surface area contributed by atoms with E-state index in [1.165, 1.54) is 0 Å². The predicted molar refractivity (Wildman–Crippen MR) is 92.2 cm³/mol. The van der Waals surface area contributed by atoms with Gasteiger partial charge < -0.3 is 9.15 Å². The molecular formula is C18H14N4O4. The Bertz CT molecular complexity index is 1120. The van der Waals surface area contributed by atoms with Crippen molar-refractivity contribution >= 4 is 28.0 Å². The number of benzene rings is 2. The number of para-hydroxylation sites is 2. The molecule has 0 unspecified atom stereocenters. The number of carbonyl (C=O) groups is 1. The first-order valence-electron chi connectivity index (χ1n) is 8.03. The average Bonchev–Trinajstić information content (AvgIpc) is 3.09. The summed E-state index contributed by atoms with van der Waals surface area (Å²) in [5.74, 6) is -0.0140. The van der Waals surface area contributed by atoms with E-state index in [0.717, 1.165) is 10.2 Å². The molecule has 8 heteroatoms. The monoisotopic (exact) mass is 350 g/mol. The summed E-state index contributed by atoms with van der Waals surface area (Å²) in [6, 6.07) is 14.2. The second kappa shape index (κ2) is 6.75. The molecule has 0 aliphatic carbocycles. The summed E-state index contributed by atoms with van der Waals surface area (Å²) >= 11 is 0. The van der Waals surface area contributed by atoms with Crippen molar-refractivity contribution in [3.63, 3.8) is 0 Å². The van der Waals surface area contributed by atoms with Crippen LogP contribution in [-0.2, 0) is 22.7 Å². The lowest BCUT2D eigenvalue weighted by Crippen LogP contribution is -2.26. The lowest BCUT2D eigenvalue weighted by Gasteiger charge is -2.06. The van der Waals surface area contributed by atoms with Crippen molar-refractivity contribution in [1.29, 1.82) is 0 Å². The minimum absolute atomic E-state index is 0.0859. The number of nitrogens with zero attached hydrogens (tertiary/aromatic N) is 4. The summed E-state index contributed by atoms with van der Waals surface area (Å²) in [5, 5.41) is 8.13. The van der Waals surface area contributed by atoms with Crippen LogP contribution in [0.4, 0.5) is 0 Å². The third-order valence-electron chi connectivity index (χ3n) is 3.86. The highest BCUT2D eigenvalue weighted by Crippen LogP contribution is 2.15. The summed E-state index contributed by atoms with van der Waals surface area (Å²) in [7, 11) is 0. The van der Waals surface area contributed by atoms with E-state index in [9.17, 15) is 9.59 Å². The summed E-state index contributed by atoms with van der Waals surface area (Å²) in [6.07, 6.45) is 0.397. The molecule has 0 atom stereocenters. The number of hydrogen-bond donors (Lipinski definition) is 0. The van der Waals surface area contributed by atoms with Crippen LogP contribution in [0.15, 0.2) is 57.7 Å². The predicted octanol–water partition coefficient (Wildman–Crippen LogP) is 2.07. The third kappa shape index (κ3) is 3.16. The lowest BCUT2D eigenvalue weighted by atomic mass is 10.2. The van der Waals surface area contributed by atoms with Gasteiger partial charge in [-0.15, -0.1) is 5.10 Å². The maximum atomic E-state index is 12.3. The molecule has 2 aromatic carbocycles. The summed E-state index contributed by atoms with van der Waals surface area (Å²) in [6.45, 7) is -0.289. The molecule has 4 aromatic rings. The first kappa shape index (κ1) is 15.9. The second-order valence-corrected chi connectivity index (χ2v) is 5.63. The Labute approximate surface area is 147 Å². The minimum atomic E-state index is -0.478. The zero-order valence-electron chi connectivity index (χ0n) is 13.7. The number of aromatic nitrogens is 4. The molecule has 2 heterocycles. The maximum absolute atomic E-state index is 12.3. The van der Waals surface area contributed by atoms with Gasteiger partial charge in [-0.2, -0.15) is 4.68 Å². The Morgan fingerprint density at radius 3 is 2.69 bits per heavy atom. The number of rotatable bonds is 5. The van der Waals surface area contributed by atoms with E-state index in [4.69, 9.17) is 9.15 Å². The van der Waals surface area contributed by atoms with E-state index in [1.54, 1.807) is 24.3 Å². The van der Waals surface area contributed by atoms with E-state index in [-0.39, 0.29) is 18.7 Å². The molecule has 0 saturated heterocycles. The molecule has 0 radical (unpaired) electrons. The Morgan fingerprint density at radius 1 is 1.08 bits per heavy atom. The quantitative estimate of drug-likeness (QED) is 0.508. The van der Waals surface area contributed by atoms with Crippen LogP contribution in [0, 0.1) is 0 Å². The van der Waals surface area contributed by atoms with Gasteiger partial charge in [-0.05, 0) is 24.3 Å². The van der Waals surface area contributed by atoms with Crippen LogP contribution in [-0.4, -0.2) is 25.9 Å². The van der Waals surface area contributed by atoms with Gasteiger partial charge in [0, 0.05) is 6.42 Å². The molecule has 0 amide bonds. The fraction of sp³-hybridized carbons (Fsp3) is 0.167. The Morgan fingerprint density at radius 2 is 1.85 bits per heavy atom. The number of fused-ring (bicyclic) bond motifs is 2. The van der Waals surface area contributed by atoms with Crippen LogP contribution in [0.25, 0.3) is 22.0 Å². The van der Waals surface area contributed by atoms with Crippen molar-refractivity contribution in [2.75, 3.05) is 0 Å². The number of ether oxygens (including phenoxy) is 1. The Kier molecular flexibility index (Phi) is 4.14. The van der Waals surface area contributed by atoms with Gasteiger partial charge in [0.1, 0.15) is 11.0 Å². The van der Waals surface area contributed by atoms with Crippen LogP contribution in [0.1, 0.15) is 12.3 Å². The fourth-order valence-corrected chi connectivity index (χ4v) is 2.55. The van der Waals surface area contributed by atoms with E-state index in [0.29, 0.717) is 28.8 Å². The molecule has 0 fully saturated rings. The molecular weight excluding hydrogens is 336 g/mol. The molecule has 0 N–H and O–H groups in total. The molecule has 4 rings (SSSR count). The number of oxazole rings is 1. The SMILES string of the molecule is O=C(CCc1nc2ccccc2o1)OCn1nnc2ccccc2c1=O. The highest BCUT2D eigenvalue weighted by atomic mass is 16.5. The number of carbonyl (C=O) groups excluding carboxylic acids is 1. The molecule has 0 aliphatic heterocycles. The molecule has 0 bridgehead atoms. The molecule has 8 nitrogen and oxygen atoms in total. The highest BCUT2D eigenvalue weighted by molar-refractivity contribution is 5.76. The first-order valence-corrected chi connectivity index (χ1v) is 8.03. The minimum Gasteiger partial charge on any atom is -0.442 e. The van der Waals surface area contributed by atoms with Gasteiger partial charge in [0.25, 0.3) is 5.56 Å². The van der Waals surface area contributed by atoms with Gasteiger partial charge in [0.05, 0.1) is 11.8 Å². The van der Waals surface area contributed by atoms with Gasteiger partial charge in [-0.3, -0.25) is 9.59 Å². The second-order valence-electron chi connectivity index (χ2n) is 5.63. The van der Waals surface area contributed by atoms with Gasteiger partial charge in [-0.25, -0.2) is 4.98 Å². The maximum Gasteiger partial charge on any atom is 0.308 e. The molecule has 26 heavy (non-hydrogen) atoms. The van der Waals surface area contributed by atoms with Crippen LogP contribution >= 0.6 is 0 Å². The molecule has 0 spiro atoms. The normalized spacial score (nSPS) is 11.1. The van der Waals surface area contributed by atoms with E-state index in [1.807, 2.05) is 24.3 Å². The van der Waals surface area contributed by atoms with Crippen molar-refractivity contribution in [2.24, 2.45) is 0 Å². The van der Waals surface area contributed by atoms with E-state index < -0.39 is 5.97 Å². The Hall–Kier alpha value is -3.55. The Balaban J connectivity index is 1.38. The molecule has 0 aliphatic rings. The first-order chi connectivity index (χ1) is 12.7. The third-order valence-corrected chi connectivity index (χ3v) is 3.86. The van der Waals surface area contributed by atoms with E-state index >= 15 is 0 Å². The van der Waals surface area contributed by atoms with Gasteiger partial charge in [-0.1, -0.05) is 29.5 Å². The van der Waals surface area contributed by atoms with Gasteiger partial charge in [0.2, 0.25) is 0 Å². The zero-order valence-corrected chi connectivity index (χ0v) is 13.7. The van der Waals surface area contributed by atoms with E-state index in [2.05, 4.69) is 15.3 Å². The molecule has 0 saturated carbocycles. The molecule has 130 valence electrons. The smallest absolute Gasteiger partial charge is 0.308 e. The van der Waals surface area contributed by atoms with Gasteiger partial charge in [0.15, 0.2) is 18.2 Å². The van der Waals surface area contributed by atoms with Crippen molar-refractivity contribution in [3.05, 3.63) is 64.8 Å². The summed E-state index contributed by atoms with van der Waals surface area (Å²) in [4.78, 5) is 28.5. The van der Waals surface area contributed by atoms with Crippen molar-refractivity contribution in [2.45, 2.75) is 19.6 Å². The lowest BCUT2D eigenvalue weighted by molar-refractivity contribution is -0.148. The number of aryl methyl sites for hydroxylation is 1. The molecule has 2 aromatic heterocycles. The summed E-state index contributed by atoms with van der Waals surface area (Å²) in [5.41, 5.74) is 1.56. The van der Waals surface area contributed by atoms with Crippen molar-refractivity contribution in [1.82, 2.24) is 20.0 Å². The van der Waals surface area contributed by atoms with Crippen LogP contribution in [0.2, 0.25) is 0 Å². The number of hydrogen-bond acceptors (Lipinski definition) is 7. The van der Waals surface area contributed by atoms with Crippen LogP contribution in [0.3, 0.4) is 0 Å². The highest BCUT2D eigenvalue weighted by Gasteiger charge is 2.11. The summed E-state index contributed by atoms with van der Waals surface area (Å²) < 4.78 is 11.7. The van der Waals surface area contributed by atoms with Crippen LogP contribution < -0.4 is 5.56 Å². The average molecular weight is 350 g/mol. The fourth-order valence-electron chi connectivity index (χ4n) is 2.55. The number of esters is 1. The van der Waals surface area contributed by atoms with Crippen LogP contribution in [0.5, 0.6) is 0 Å². The zero-order chi connectivity index (χ0) is 17.9. The van der Waals surface area contributed by atoms with Crippen molar-refractivity contribution < 1.29 is 13.9 Å². The standard InChI is InChI=1S/C18H14N4O4/c23-17(10-9-16-19-14-7-3-4-8-15(14)26-16)25-11-22-18(24)12-5-1-2-6-13(12)20-21-22/h1-8H,9-11H2. The van der Waals surface area contributed by atoms with Crippen molar-refractivity contribution in [3.8, 4) is 0 Å².